The topological polar surface area (TPSA) is 73.6 Å². The number of methoxy groups -OCH3 is 1. The standard InChI is InChI=1S/C13H26N2O3/c1-17-7-8-18-9-12(16)15-11-13(10-14)5-3-2-4-6-13/h2-11,14H2,1H3,(H,15,16). The van der Waals surface area contributed by atoms with Crippen LogP contribution in [0, 0.1) is 5.41 Å². The van der Waals surface area contributed by atoms with Gasteiger partial charge in [-0.1, -0.05) is 19.3 Å². The van der Waals surface area contributed by atoms with Gasteiger partial charge in [0.25, 0.3) is 0 Å². The Morgan fingerprint density at radius 3 is 2.61 bits per heavy atom. The average molecular weight is 258 g/mol. The first kappa shape index (κ1) is 15.4. The molecule has 0 aromatic heterocycles. The fraction of sp³-hybridized carbons (Fsp3) is 0.923. The van der Waals surface area contributed by atoms with E-state index in [1.807, 2.05) is 0 Å². The van der Waals surface area contributed by atoms with E-state index in [0.717, 1.165) is 12.8 Å². The van der Waals surface area contributed by atoms with Crippen LogP contribution in [0.3, 0.4) is 0 Å². The largest absolute Gasteiger partial charge is 0.382 e. The molecular weight excluding hydrogens is 232 g/mol. The van der Waals surface area contributed by atoms with Crippen molar-refractivity contribution in [1.82, 2.24) is 5.32 Å². The molecule has 1 saturated carbocycles. The van der Waals surface area contributed by atoms with Gasteiger partial charge >= 0.3 is 0 Å². The molecule has 1 aliphatic rings. The van der Waals surface area contributed by atoms with Gasteiger partial charge in [0.2, 0.25) is 5.91 Å². The molecule has 1 rings (SSSR count). The summed E-state index contributed by atoms with van der Waals surface area (Å²) in [5, 5.41) is 2.94. The number of ether oxygens (including phenoxy) is 2. The normalized spacial score (nSPS) is 18.6. The van der Waals surface area contributed by atoms with Gasteiger partial charge in [0, 0.05) is 13.7 Å². The van der Waals surface area contributed by atoms with Gasteiger partial charge in [-0.2, -0.15) is 0 Å². The smallest absolute Gasteiger partial charge is 0.246 e. The summed E-state index contributed by atoms with van der Waals surface area (Å²) in [4.78, 5) is 11.6. The summed E-state index contributed by atoms with van der Waals surface area (Å²) in [5.74, 6) is -0.0653. The molecule has 3 N–H and O–H groups in total. The van der Waals surface area contributed by atoms with Crippen molar-refractivity contribution in [1.29, 1.82) is 0 Å². The van der Waals surface area contributed by atoms with Crippen LogP contribution in [-0.2, 0) is 14.3 Å². The molecule has 0 saturated heterocycles. The second-order valence-corrected chi connectivity index (χ2v) is 5.09. The lowest BCUT2D eigenvalue weighted by molar-refractivity contribution is -0.126. The molecule has 0 unspecified atom stereocenters. The molecule has 0 aliphatic heterocycles. The van der Waals surface area contributed by atoms with Crippen molar-refractivity contribution < 1.29 is 14.3 Å². The highest BCUT2D eigenvalue weighted by atomic mass is 16.5. The average Bonchev–Trinajstić information content (AvgIpc) is 2.42. The van der Waals surface area contributed by atoms with Gasteiger partial charge in [0.1, 0.15) is 6.61 Å². The summed E-state index contributed by atoms with van der Waals surface area (Å²) in [6.45, 7) is 2.39. The second-order valence-electron chi connectivity index (χ2n) is 5.09. The lowest BCUT2D eigenvalue weighted by Gasteiger charge is -2.36. The van der Waals surface area contributed by atoms with Gasteiger partial charge in [-0.25, -0.2) is 0 Å². The Labute approximate surface area is 109 Å². The quantitative estimate of drug-likeness (QED) is 0.628. The third kappa shape index (κ3) is 5.33. The highest BCUT2D eigenvalue weighted by molar-refractivity contribution is 5.77. The van der Waals surface area contributed by atoms with Crippen LogP contribution >= 0.6 is 0 Å². The van der Waals surface area contributed by atoms with E-state index < -0.39 is 0 Å². The van der Waals surface area contributed by atoms with Crippen LogP contribution < -0.4 is 11.1 Å². The summed E-state index contributed by atoms with van der Waals surface area (Å²) in [6.07, 6.45) is 5.97. The lowest BCUT2D eigenvalue weighted by atomic mass is 9.74. The van der Waals surface area contributed by atoms with Crippen molar-refractivity contribution in [2.75, 3.05) is 40.0 Å². The monoisotopic (exact) mass is 258 g/mol. The van der Waals surface area contributed by atoms with Gasteiger partial charge in [-0.05, 0) is 24.8 Å². The van der Waals surface area contributed by atoms with E-state index in [9.17, 15) is 4.79 Å². The van der Waals surface area contributed by atoms with E-state index in [0.29, 0.717) is 26.3 Å². The molecule has 106 valence electrons. The first-order valence-corrected chi connectivity index (χ1v) is 6.76. The lowest BCUT2D eigenvalue weighted by Crippen LogP contribution is -2.44. The summed E-state index contributed by atoms with van der Waals surface area (Å²) in [6, 6.07) is 0. The molecule has 0 aromatic rings. The molecule has 1 fully saturated rings. The van der Waals surface area contributed by atoms with Gasteiger partial charge in [-0.3, -0.25) is 4.79 Å². The molecule has 0 heterocycles. The molecule has 1 aliphatic carbocycles. The molecule has 0 atom stereocenters. The third-order valence-electron chi connectivity index (χ3n) is 3.67. The summed E-state index contributed by atoms with van der Waals surface area (Å²) in [7, 11) is 1.61. The molecule has 18 heavy (non-hydrogen) atoms. The fourth-order valence-electron chi connectivity index (χ4n) is 2.40. The molecule has 5 heteroatoms. The number of nitrogens with two attached hydrogens (primary N) is 1. The maximum absolute atomic E-state index is 11.6. The van der Waals surface area contributed by atoms with E-state index in [1.165, 1.54) is 19.3 Å². The van der Waals surface area contributed by atoms with Crippen molar-refractivity contribution in [2.45, 2.75) is 32.1 Å². The maximum atomic E-state index is 11.6. The Hall–Kier alpha value is -0.650. The minimum absolute atomic E-state index is 0.0653. The zero-order valence-electron chi connectivity index (χ0n) is 11.4. The summed E-state index contributed by atoms with van der Waals surface area (Å²) >= 11 is 0. The van der Waals surface area contributed by atoms with Crippen LogP contribution in [0.4, 0.5) is 0 Å². The Kier molecular flexibility index (Phi) is 7.23. The molecule has 1 amide bonds. The molecule has 0 bridgehead atoms. The summed E-state index contributed by atoms with van der Waals surface area (Å²) in [5.41, 5.74) is 5.98. The van der Waals surface area contributed by atoms with E-state index in [-0.39, 0.29) is 17.9 Å². The predicted octanol–water partition coefficient (Wildman–Crippen LogP) is 0.675. The van der Waals surface area contributed by atoms with Gasteiger partial charge < -0.3 is 20.5 Å². The number of hydrogen-bond donors (Lipinski definition) is 2. The van der Waals surface area contributed by atoms with E-state index in [4.69, 9.17) is 15.2 Å². The molecular formula is C13H26N2O3. The molecule has 0 radical (unpaired) electrons. The van der Waals surface area contributed by atoms with Crippen molar-refractivity contribution in [3.63, 3.8) is 0 Å². The number of carbonyl (C=O) groups is 1. The van der Waals surface area contributed by atoms with Crippen molar-refractivity contribution in [2.24, 2.45) is 11.1 Å². The van der Waals surface area contributed by atoms with E-state index in [2.05, 4.69) is 5.32 Å². The van der Waals surface area contributed by atoms with Gasteiger partial charge in [0.15, 0.2) is 0 Å². The predicted molar refractivity (Wildman–Crippen MR) is 70.3 cm³/mol. The highest BCUT2D eigenvalue weighted by Crippen LogP contribution is 2.34. The number of nitrogens with one attached hydrogen (secondary N) is 1. The van der Waals surface area contributed by atoms with Crippen LogP contribution in [0.5, 0.6) is 0 Å². The van der Waals surface area contributed by atoms with Crippen molar-refractivity contribution in [3.8, 4) is 0 Å². The minimum atomic E-state index is -0.0653. The van der Waals surface area contributed by atoms with Crippen LogP contribution in [0.2, 0.25) is 0 Å². The maximum Gasteiger partial charge on any atom is 0.246 e. The van der Waals surface area contributed by atoms with Crippen molar-refractivity contribution in [3.05, 3.63) is 0 Å². The minimum Gasteiger partial charge on any atom is -0.382 e. The van der Waals surface area contributed by atoms with Crippen LogP contribution in [-0.4, -0.2) is 45.9 Å². The van der Waals surface area contributed by atoms with E-state index >= 15 is 0 Å². The first-order valence-electron chi connectivity index (χ1n) is 6.76. The zero-order chi connectivity index (χ0) is 13.3. The Morgan fingerprint density at radius 1 is 1.28 bits per heavy atom. The van der Waals surface area contributed by atoms with Gasteiger partial charge in [0.05, 0.1) is 13.2 Å². The SMILES string of the molecule is COCCOCC(=O)NCC1(CN)CCCCC1. The Morgan fingerprint density at radius 2 is 2.00 bits per heavy atom. The number of rotatable bonds is 8. The molecule has 5 nitrogen and oxygen atoms in total. The number of amides is 1. The first-order chi connectivity index (χ1) is 8.72. The Bertz CT molecular complexity index is 240. The molecule has 0 spiro atoms. The van der Waals surface area contributed by atoms with Crippen molar-refractivity contribution >= 4 is 5.91 Å². The fourth-order valence-corrected chi connectivity index (χ4v) is 2.40. The third-order valence-corrected chi connectivity index (χ3v) is 3.67. The highest BCUT2D eigenvalue weighted by Gasteiger charge is 2.30. The van der Waals surface area contributed by atoms with Crippen LogP contribution in [0.1, 0.15) is 32.1 Å². The number of carbonyl (C=O) groups excluding carboxylic acids is 1. The zero-order valence-corrected chi connectivity index (χ0v) is 11.4. The van der Waals surface area contributed by atoms with Crippen LogP contribution in [0.25, 0.3) is 0 Å². The van der Waals surface area contributed by atoms with Gasteiger partial charge in [-0.15, -0.1) is 0 Å². The van der Waals surface area contributed by atoms with Crippen LogP contribution in [0.15, 0.2) is 0 Å². The second kappa shape index (κ2) is 8.45. The number of hydrogen-bond acceptors (Lipinski definition) is 4. The molecule has 0 aromatic carbocycles. The summed E-state index contributed by atoms with van der Waals surface area (Å²) < 4.78 is 10.0. The van der Waals surface area contributed by atoms with E-state index in [1.54, 1.807) is 7.11 Å². The Balaban J connectivity index is 2.19.